The summed E-state index contributed by atoms with van der Waals surface area (Å²) in [5, 5.41) is 2.43. The molecule has 150 valence electrons. The first-order valence-electron chi connectivity index (χ1n) is 8.37. The van der Waals surface area contributed by atoms with Crippen LogP contribution in [0.5, 0.6) is 0 Å². The van der Waals surface area contributed by atoms with Crippen LogP contribution in [0.1, 0.15) is 23.2 Å². The molecular weight excluding hydrogens is 400 g/mol. The van der Waals surface area contributed by atoms with Gasteiger partial charge in [0.2, 0.25) is 0 Å². The molecule has 1 amide bonds. The van der Waals surface area contributed by atoms with Gasteiger partial charge in [-0.25, -0.2) is 12.8 Å². The topological polar surface area (TPSA) is 66.5 Å². The second kappa shape index (κ2) is 7.42. The standard InChI is InChI=1S/C18H16F4N2O3S/c19-14-4-3-5-15(24-10-1-2-11-24)16(14)23-17(25)12-6-8-13(9-7-12)28(26,27)18(20,21)22/h3-9H,1-2,10-11H2,(H,23,25). The van der Waals surface area contributed by atoms with Gasteiger partial charge in [-0.1, -0.05) is 6.07 Å². The summed E-state index contributed by atoms with van der Waals surface area (Å²) in [5.74, 6) is -1.41. The molecule has 10 heteroatoms. The van der Waals surface area contributed by atoms with E-state index in [2.05, 4.69) is 5.32 Å². The summed E-state index contributed by atoms with van der Waals surface area (Å²) in [6.07, 6.45) is 1.89. The van der Waals surface area contributed by atoms with Crippen LogP contribution < -0.4 is 10.2 Å². The van der Waals surface area contributed by atoms with E-state index < -0.39 is 32.0 Å². The molecule has 1 aliphatic heterocycles. The number of hydrogen-bond donors (Lipinski definition) is 1. The number of rotatable bonds is 4. The zero-order valence-corrected chi connectivity index (χ0v) is 15.3. The number of carbonyl (C=O) groups excluding carboxylic acids is 1. The molecule has 0 aromatic heterocycles. The van der Waals surface area contributed by atoms with Crippen molar-refractivity contribution in [1.82, 2.24) is 0 Å². The second-order valence-corrected chi connectivity index (χ2v) is 8.20. The van der Waals surface area contributed by atoms with Crippen molar-refractivity contribution in [2.24, 2.45) is 0 Å². The Balaban J connectivity index is 1.85. The first-order valence-corrected chi connectivity index (χ1v) is 9.86. The highest BCUT2D eigenvalue weighted by atomic mass is 32.2. The molecule has 0 unspecified atom stereocenters. The van der Waals surface area contributed by atoms with Crippen LogP contribution >= 0.6 is 0 Å². The van der Waals surface area contributed by atoms with Gasteiger partial charge in [0, 0.05) is 18.7 Å². The number of anilines is 2. The second-order valence-electron chi connectivity index (χ2n) is 6.26. The number of nitrogens with one attached hydrogen (secondary N) is 1. The van der Waals surface area contributed by atoms with Crippen LogP contribution in [0.15, 0.2) is 47.4 Å². The van der Waals surface area contributed by atoms with Gasteiger partial charge in [-0.3, -0.25) is 4.79 Å². The number of alkyl halides is 3. The Morgan fingerprint density at radius 2 is 1.61 bits per heavy atom. The first-order chi connectivity index (χ1) is 13.1. The van der Waals surface area contributed by atoms with E-state index >= 15 is 0 Å². The zero-order chi connectivity index (χ0) is 20.5. The van der Waals surface area contributed by atoms with Crippen LogP contribution in [0.3, 0.4) is 0 Å². The molecule has 1 N–H and O–H groups in total. The van der Waals surface area contributed by atoms with Gasteiger partial charge in [0.05, 0.1) is 10.6 Å². The molecule has 0 bridgehead atoms. The van der Waals surface area contributed by atoms with Crippen LogP contribution in [0, 0.1) is 5.82 Å². The highest BCUT2D eigenvalue weighted by Crippen LogP contribution is 2.32. The van der Waals surface area contributed by atoms with E-state index in [9.17, 15) is 30.8 Å². The third-order valence-corrected chi connectivity index (χ3v) is 5.91. The molecule has 2 aromatic carbocycles. The van der Waals surface area contributed by atoms with Crippen molar-refractivity contribution < 1.29 is 30.8 Å². The third-order valence-electron chi connectivity index (χ3n) is 4.41. The predicted octanol–water partition coefficient (Wildman–Crippen LogP) is 3.97. The Morgan fingerprint density at radius 1 is 1.00 bits per heavy atom. The van der Waals surface area contributed by atoms with E-state index in [1.807, 2.05) is 4.90 Å². The van der Waals surface area contributed by atoms with Gasteiger partial charge in [-0.15, -0.1) is 0 Å². The summed E-state index contributed by atoms with van der Waals surface area (Å²) in [4.78, 5) is 13.4. The third kappa shape index (κ3) is 3.82. The SMILES string of the molecule is O=C(Nc1c(F)cccc1N1CCCC1)c1ccc(S(=O)(=O)C(F)(F)F)cc1. The van der Waals surface area contributed by atoms with Crippen LogP contribution in [-0.2, 0) is 9.84 Å². The fourth-order valence-corrected chi connectivity index (χ4v) is 3.72. The summed E-state index contributed by atoms with van der Waals surface area (Å²) in [7, 11) is -5.50. The van der Waals surface area contributed by atoms with Crippen molar-refractivity contribution in [2.75, 3.05) is 23.3 Å². The Kier molecular flexibility index (Phi) is 5.33. The van der Waals surface area contributed by atoms with E-state index in [0.717, 1.165) is 38.1 Å². The lowest BCUT2D eigenvalue weighted by molar-refractivity contribution is -0.0436. The maximum atomic E-state index is 14.3. The van der Waals surface area contributed by atoms with Crippen LogP contribution in [0.4, 0.5) is 28.9 Å². The minimum atomic E-state index is -5.50. The summed E-state index contributed by atoms with van der Waals surface area (Å²) in [5.41, 5.74) is -5.05. The Labute approximate surface area is 158 Å². The lowest BCUT2D eigenvalue weighted by Crippen LogP contribution is -2.23. The minimum Gasteiger partial charge on any atom is -0.370 e. The Morgan fingerprint density at radius 3 is 2.18 bits per heavy atom. The quantitative estimate of drug-likeness (QED) is 0.766. The molecule has 1 heterocycles. The molecule has 0 spiro atoms. The molecule has 0 saturated carbocycles. The van der Waals surface area contributed by atoms with Crippen molar-refractivity contribution in [2.45, 2.75) is 23.2 Å². The number of carbonyl (C=O) groups is 1. The average Bonchev–Trinajstić information content (AvgIpc) is 3.17. The van der Waals surface area contributed by atoms with Gasteiger partial charge in [0.25, 0.3) is 15.7 Å². The number of halogens is 4. The van der Waals surface area contributed by atoms with Gasteiger partial charge in [-0.2, -0.15) is 13.2 Å². The Bertz CT molecular complexity index is 983. The number of amides is 1. The van der Waals surface area contributed by atoms with E-state index in [1.165, 1.54) is 12.1 Å². The highest BCUT2D eigenvalue weighted by Gasteiger charge is 2.46. The van der Waals surface area contributed by atoms with E-state index in [-0.39, 0.29) is 11.3 Å². The molecule has 3 rings (SSSR count). The number of hydrogen-bond acceptors (Lipinski definition) is 4. The summed E-state index contributed by atoms with van der Waals surface area (Å²) in [6, 6.07) is 7.67. The summed E-state index contributed by atoms with van der Waals surface area (Å²) >= 11 is 0. The molecule has 0 aliphatic carbocycles. The van der Waals surface area contributed by atoms with Crippen molar-refractivity contribution in [1.29, 1.82) is 0 Å². The summed E-state index contributed by atoms with van der Waals surface area (Å²) < 4.78 is 74.8. The van der Waals surface area contributed by atoms with E-state index in [1.54, 1.807) is 6.07 Å². The molecule has 1 saturated heterocycles. The maximum absolute atomic E-state index is 14.3. The number of sulfone groups is 1. The van der Waals surface area contributed by atoms with E-state index in [4.69, 9.17) is 0 Å². The van der Waals surface area contributed by atoms with Crippen molar-refractivity contribution in [3.63, 3.8) is 0 Å². The van der Waals surface area contributed by atoms with Crippen LogP contribution in [-0.4, -0.2) is 32.9 Å². The molecule has 5 nitrogen and oxygen atoms in total. The average molecular weight is 416 g/mol. The molecule has 0 radical (unpaired) electrons. The predicted molar refractivity (Wildman–Crippen MR) is 95.5 cm³/mol. The first kappa shape index (κ1) is 20.1. The lowest BCUT2D eigenvalue weighted by atomic mass is 10.2. The van der Waals surface area contributed by atoms with Gasteiger partial charge in [0.15, 0.2) is 0 Å². The van der Waals surface area contributed by atoms with Gasteiger partial charge >= 0.3 is 5.51 Å². The minimum absolute atomic E-state index is 0.0265. The molecule has 1 fully saturated rings. The largest absolute Gasteiger partial charge is 0.501 e. The number of nitrogens with zero attached hydrogens (tertiary/aromatic N) is 1. The smallest absolute Gasteiger partial charge is 0.370 e. The van der Waals surface area contributed by atoms with E-state index in [0.29, 0.717) is 17.8 Å². The maximum Gasteiger partial charge on any atom is 0.501 e. The van der Waals surface area contributed by atoms with Crippen molar-refractivity contribution in [3.8, 4) is 0 Å². The van der Waals surface area contributed by atoms with Crippen LogP contribution in [0.2, 0.25) is 0 Å². The van der Waals surface area contributed by atoms with Crippen LogP contribution in [0.25, 0.3) is 0 Å². The highest BCUT2D eigenvalue weighted by molar-refractivity contribution is 7.92. The number of benzene rings is 2. The van der Waals surface area contributed by atoms with Gasteiger partial charge < -0.3 is 10.2 Å². The van der Waals surface area contributed by atoms with Crippen molar-refractivity contribution in [3.05, 3.63) is 53.8 Å². The fourth-order valence-electron chi connectivity index (χ4n) is 2.96. The summed E-state index contributed by atoms with van der Waals surface area (Å²) in [6.45, 7) is 1.44. The fraction of sp³-hybridized carbons (Fsp3) is 0.278. The number of para-hydroxylation sites is 1. The normalized spacial score (nSPS) is 14.9. The van der Waals surface area contributed by atoms with Gasteiger partial charge in [0.1, 0.15) is 11.5 Å². The zero-order valence-electron chi connectivity index (χ0n) is 14.5. The van der Waals surface area contributed by atoms with Crippen molar-refractivity contribution >= 4 is 27.1 Å². The van der Waals surface area contributed by atoms with Gasteiger partial charge in [-0.05, 0) is 49.2 Å². The molecule has 1 aliphatic rings. The monoisotopic (exact) mass is 416 g/mol. The molecule has 28 heavy (non-hydrogen) atoms. The molecular formula is C18H16F4N2O3S. The molecule has 2 aromatic rings. The Hall–Kier alpha value is -2.62. The molecule has 0 atom stereocenters. The lowest BCUT2D eigenvalue weighted by Gasteiger charge is -2.22.